The van der Waals surface area contributed by atoms with Gasteiger partial charge in [0.05, 0.1) is 15.9 Å². The topological polar surface area (TPSA) is 118 Å². The maximum Gasteiger partial charge on any atom is 0.269 e. The molecule has 10 heteroatoms. The van der Waals surface area contributed by atoms with Gasteiger partial charge >= 0.3 is 0 Å². The number of carbonyl (C=O) groups is 1. The van der Waals surface area contributed by atoms with Gasteiger partial charge < -0.3 is 5.32 Å². The van der Waals surface area contributed by atoms with Crippen LogP contribution in [0.5, 0.6) is 0 Å². The van der Waals surface area contributed by atoms with E-state index in [0.717, 1.165) is 4.47 Å². The second-order valence-corrected chi connectivity index (χ2v) is 9.68. The molecule has 0 aliphatic carbocycles. The Morgan fingerprint density at radius 2 is 1.72 bits per heavy atom. The number of rotatable bonds is 8. The number of nitro benzene ring substituents is 1. The SMILES string of the molecule is Cc1cc([N+](=O)[O-])ccc1NC(=O)CC(NS(=O)(=O)c1ccc(Br)cc1)c1ccccc1. The van der Waals surface area contributed by atoms with Crippen molar-refractivity contribution >= 4 is 43.2 Å². The quantitative estimate of drug-likeness (QED) is 0.331. The Morgan fingerprint density at radius 3 is 2.31 bits per heavy atom. The Hall–Kier alpha value is -3.08. The first-order valence-corrected chi connectivity index (χ1v) is 11.8. The van der Waals surface area contributed by atoms with Crippen molar-refractivity contribution < 1.29 is 18.1 Å². The summed E-state index contributed by atoms with van der Waals surface area (Å²) in [4.78, 5) is 23.2. The van der Waals surface area contributed by atoms with E-state index in [9.17, 15) is 23.3 Å². The molecule has 0 radical (unpaired) electrons. The third kappa shape index (κ3) is 6.00. The highest BCUT2D eigenvalue weighted by molar-refractivity contribution is 9.10. The largest absolute Gasteiger partial charge is 0.326 e. The van der Waals surface area contributed by atoms with E-state index < -0.39 is 26.9 Å². The van der Waals surface area contributed by atoms with Crippen molar-refractivity contribution in [3.05, 3.63) is 98.5 Å². The smallest absolute Gasteiger partial charge is 0.269 e. The molecule has 0 bridgehead atoms. The molecule has 1 unspecified atom stereocenters. The number of anilines is 1. The van der Waals surface area contributed by atoms with Crippen LogP contribution in [-0.4, -0.2) is 19.2 Å². The number of nitrogens with zero attached hydrogens (tertiary/aromatic N) is 1. The first-order valence-electron chi connectivity index (χ1n) is 9.53. The van der Waals surface area contributed by atoms with E-state index in [2.05, 4.69) is 26.0 Å². The number of hydrogen-bond acceptors (Lipinski definition) is 5. The number of hydrogen-bond donors (Lipinski definition) is 2. The Bertz CT molecular complexity index is 1230. The minimum Gasteiger partial charge on any atom is -0.326 e. The van der Waals surface area contributed by atoms with Crippen molar-refractivity contribution in [3.63, 3.8) is 0 Å². The number of amides is 1. The summed E-state index contributed by atoms with van der Waals surface area (Å²) in [5.74, 6) is -0.436. The average Bonchev–Trinajstić information content (AvgIpc) is 2.75. The van der Waals surface area contributed by atoms with Crippen molar-refractivity contribution in [3.8, 4) is 0 Å². The van der Waals surface area contributed by atoms with Crippen LogP contribution in [-0.2, 0) is 14.8 Å². The van der Waals surface area contributed by atoms with Crippen molar-refractivity contribution in [1.82, 2.24) is 4.72 Å². The molecule has 1 atom stereocenters. The number of benzene rings is 3. The molecule has 3 rings (SSSR count). The standard InChI is InChI=1S/C22H20BrN3O5S/c1-15-13-18(26(28)29)9-12-20(15)24-22(27)14-21(16-5-3-2-4-6-16)25-32(30,31)19-10-7-17(23)8-11-19/h2-13,21,25H,14H2,1H3,(H,24,27). The van der Waals surface area contributed by atoms with E-state index in [4.69, 9.17) is 0 Å². The summed E-state index contributed by atoms with van der Waals surface area (Å²) in [6.07, 6.45) is -0.170. The van der Waals surface area contributed by atoms with E-state index in [-0.39, 0.29) is 17.0 Å². The number of sulfonamides is 1. The Labute approximate surface area is 194 Å². The Balaban J connectivity index is 1.81. The Kier molecular flexibility index (Phi) is 7.39. The lowest BCUT2D eigenvalue weighted by molar-refractivity contribution is -0.384. The van der Waals surface area contributed by atoms with Crippen molar-refractivity contribution in [2.24, 2.45) is 0 Å². The normalized spacial score (nSPS) is 12.2. The zero-order valence-corrected chi connectivity index (χ0v) is 19.4. The van der Waals surface area contributed by atoms with E-state index in [0.29, 0.717) is 16.8 Å². The van der Waals surface area contributed by atoms with Gasteiger partial charge in [0, 0.05) is 28.7 Å². The van der Waals surface area contributed by atoms with E-state index in [1.165, 1.54) is 30.3 Å². The first-order chi connectivity index (χ1) is 15.2. The van der Waals surface area contributed by atoms with Gasteiger partial charge in [0.2, 0.25) is 15.9 Å². The zero-order chi connectivity index (χ0) is 23.3. The van der Waals surface area contributed by atoms with E-state index >= 15 is 0 Å². The fourth-order valence-electron chi connectivity index (χ4n) is 3.07. The predicted molar refractivity (Wildman–Crippen MR) is 125 cm³/mol. The van der Waals surface area contributed by atoms with Crippen LogP contribution >= 0.6 is 15.9 Å². The summed E-state index contributed by atoms with van der Waals surface area (Å²) in [5.41, 5.74) is 1.50. The van der Waals surface area contributed by atoms with Gasteiger partial charge in [0.1, 0.15) is 0 Å². The lowest BCUT2D eigenvalue weighted by Gasteiger charge is -2.19. The summed E-state index contributed by atoms with van der Waals surface area (Å²) in [6.45, 7) is 1.65. The maximum atomic E-state index is 12.9. The van der Waals surface area contributed by atoms with Crippen molar-refractivity contribution in [1.29, 1.82) is 0 Å². The molecule has 0 fully saturated rings. The maximum absolute atomic E-state index is 12.9. The molecule has 0 aliphatic rings. The summed E-state index contributed by atoms with van der Waals surface area (Å²) in [7, 11) is -3.89. The minimum absolute atomic E-state index is 0.0771. The molecule has 1 amide bonds. The van der Waals surface area contributed by atoms with Crippen LogP contribution in [0.25, 0.3) is 0 Å². The monoisotopic (exact) mass is 517 g/mol. The second-order valence-electron chi connectivity index (χ2n) is 7.05. The molecular formula is C22H20BrN3O5S. The Morgan fingerprint density at radius 1 is 1.06 bits per heavy atom. The number of halogens is 1. The number of aryl methyl sites for hydroxylation is 1. The van der Waals surface area contributed by atoms with Gasteiger partial charge in [-0.05, 0) is 48.4 Å². The second kappa shape index (κ2) is 10.0. The molecular weight excluding hydrogens is 498 g/mol. The summed E-state index contributed by atoms with van der Waals surface area (Å²) in [6, 6.07) is 18.3. The molecule has 2 N–H and O–H groups in total. The molecule has 166 valence electrons. The van der Waals surface area contributed by atoms with Crippen LogP contribution in [0.2, 0.25) is 0 Å². The lowest BCUT2D eigenvalue weighted by atomic mass is 10.0. The van der Waals surface area contributed by atoms with Crippen LogP contribution in [0.15, 0.2) is 82.2 Å². The van der Waals surface area contributed by atoms with E-state index in [1.54, 1.807) is 49.4 Å². The number of carbonyl (C=O) groups excluding carboxylic acids is 1. The van der Waals surface area contributed by atoms with Gasteiger partial charge in [-0.25, -0.2) is 13.1 Å². The molecule has 0 saturated carbocycles. The fourth-order valence-corrected chi connectivity index (χ4v) is 4.56. The molecule has 8 nitrogen and oxygen atoms in total. The van der Waals surface area contributed by atoms with Gasteiger partial charge in [0.25, 0.3) is 5.69 Å². The highest BCUT2D eigenvalue weighted by Gasteiger charge is 2.24. The summed E-state index contributed by atoms with van der Waals surface area (Å²) >= 11 is 3.28. The van der Waals surface area contributed by atoms with Crippen LogP contribution in [0.4, 0.5) is 11.4 Å². The van der Waals surface area contributed by atoms with Crippen molar-refractivity contribution in [2.45, 2.75) is 24.3 Å². The first kappa shape index (κ1) is 23.6. The highest BCUT2D eigenvalue weighted by atomic mass is 79.9. The van der Waals surface area contributed by atoms with E-state index in [1.807, 2.05) is 0 Å². The van der Waals surface area contributed by atoms with Crippen molar-refractivity contribution in [2.75, 3.05) is 5.32 Å². The summed E-state index contributed by atoms with van der Waals surface area (Å²) < 4.78 is 29.2. The molecule has 0 aromatic heterocycles. The van der Waals surface area contributed by atoms with Gasteiger partial charge in [-0.2, -0.15) is 0 Å². The molecule has 0 aliphatic heterocycles. The fraction of sp³-hybridized carbons (Fsp3) is 0.136. The number of non-ortho nitro benzene ring substituents is 1. The number of nitro groups is 1. The minimum atomic E-state index is -3.89. The van der Waals surface area contributed by atoms with Crippen LogP contribution < -0.4 is 10.0 Å². The van der Waals surface area contributed by atoms with Gasteiger partial charge in [-0.15, -0.1) is 0 Å². The molecule has 32 heavy (non-hydrogen) atoms. The number of nitrogens with one attached hydrogen (secondary N) is 2. The summed E-state index contributed by atoms with van der Waals surface area (Å²) in [5, 5.41) is 13.6. The van der Waals surface area contributed by atoms with Gasteiger partial charge in [0.15, 0.2) is 0 Å². The highest BCUT2D eigenvalue weighted by Crippen LogP contribution is 2.24. The molecule has 0 saturated heterocycles. The third-order valence-electron chi connectivity index (χ3n) is 4.71. The van der Waals surface area contributed by atoms with Crippen LogP contribution in [0.3, 0.4) is 0 Å². The predicted octanol–water partition coefficient (Wildman–Crippen LogP) is 4.71. The van der Waals surface area contributed by atoms with Crippen LogP contribution in [0.1, 0.15) is 23.6 Å². The third-order valence-corrected chi connectivity index (χ3v) is 6.72. The average molecular weight is 518 g/mol. The molecule has 3 aromatic rings. The van der Waals surface area contributed by atoms with Gasteiger partial charge in [-0.1, -0.05) is 46.3 Å². The zero-order valence-electron chi connectivity index (χ0n) is 17.0. The van der Waals surface area contributed by atoms with Gasteiger partial charge in [-0.3, -0.25) is 14.9 Å². The van der Waals surface area contributed by atoms with Crippen LogP contribution in [0, 0.1) is 17.0 Å². The lowest BCUT2D eigenvalue weighted by Crippen LogP contribution is -2.31. The molecule has 3 aromatic carbocycles. The molecule has 0 heterocycles. The molecule has 0 spiro atoms.